The fourth-order valence-electron chi connectivity index (χ4n) is 2.98. The molecule has 1 aromatic carbocycles. The molecule has 0 atom stereocenters. The number of esters is 1. The number of nitrogens with zero attached hydrogens (tertiary/aromatic N) is 2. The summed E-state index contributed by atoms with van der Waals surface area (Å²) in [6.07, 6.45) is 1.55. The molecule has 0 fully saturated rings. The molecular weight excluding hydrogens is 408 g/mol. The quantitative estimate of drug-likeness (QED) is 0.458. The molecule has 3 aromatic rings. The summed E-state index contributed by atoms with van der Waals surface area (Å²) >= 11 is 5.90. The molecule has 0 saturated carbocycles. The number of nitrogens with two attached hydrogens (primary N) is 1. The molecule has 0 aliphatic heterocycles. The highest BCUT2D eigenvalue weighted by Crippen LogP contribution is 2.27. The van der Waals surface area contributed by atoms with Gasteiger partial charge in [0.2, 0.25) is 0 Å². The van der Waals surface area contributed by atoms with Crippen LogP contribution in [-0.4, -0.2) is 23.1 Å². The highest BCUT2D eigenvalue weighted by Gasteiger charge is 2.21. The molecule has 2 heterocycles. The number of hydrogen-bond donors (Lipinski definition) is 2. The number of nitrogen functional groups attached to an aromatic ring is 1. The van der Waals surface area contributed by atoms with Crippen LogP contribution in [0.4, 0.5) is 11.5 Å². The van der Waals surface area contributed by atoms with Gasteiger partial charge in [-0.3, -0.25) is 4.79 Å². The van der Waals surface area contributed by atoms with Crippen LogP contribution in [0.2, 0.25) is 5.02 Å². The van der Waals surface area contributed by atoms with Gasteiger partial charge in [-0.15, -0.1) is 0 Å². The van der Waals surface area contributed by atoms with Crippen LogP contribution in [0, 0.1) is 25.2 Å². The number of carbonyl (C=O) groups is 2. The van der Waals surface area contributed by atoms with E-state index in [1.807, 2.05) is 6.92 Å². The van der Waals surface area contributed by atoms with Crippen molar-refractivity contribution in [3.8, 4) is 6.07 Å². The van der Waals surface area contributed by atoms with E-state index >= 15 is 0 Å². The molecule has 3 N–H and O–H groups in total. The Balaban J connectivity index is 1.76. The first-order valence-electron chi connectivity index (χ1n) is 8.96. The Bertz CT molecular complexity index is 1140. The number of amides is 1. The van der Waals surface area contributed by atoms with Crippen molar-refractivity contribution < 1.29 is 18.7 Å². The number of aromatic nitrogens is 1. The zero-order chi connectivity index (χ0) is 21.8. The maximum absolute atomic E-state index is 12.5. The standard InChI is InChI=1S/C21H19ClN4O4/c1-12-13(2)26(10-14-5-4-8-29-14)20(16(12)9-23)25-18(27)11-30-21(28)15-6-3-7-17(22)19(15)24/h3-8H,10-11,24H2,1-2H3,(H,25,27). The molecule has 154 valence electrons. The molecule has 0 bridgehead atoms. The lowest BCUT2D eigenvalue weighted by molar-refractivity contribution is -0.119. The number of furan rings is 1. The third-order valence-corrected chi connectivity index (χ3v) is 5.03. The molecule has 3 rings (SSSR count). The third kappa shape index (κ3) is 4.16. The first-order chi connectivity index (χ1) is 14.3. The van der Waals surface area contributed by atoms with Gasteiger partial charge in [-0.1, -0.05) is 17.7 Å². The lowest BCUT2D eigenvalue weighted by atomic mass is 10.2. The van der Waals surface area contributed by atoms with Crippen molar-refractivity contribution in [1.82, 2.24) is 4.57 Å². The predicted octanol–water partition coefficient (Wildman–Crippen LogP) is 3.65. The minimum Gasteiger partial charge on any atom is -0.467 e. The molecule has 8 nitrogen and oxygen atoms in total. The van der Waals surface area contributed by atoms with E-state index in [2.05, 4.69) is 11.4 Å². The SMILES string of the molecule is Cc1c(C#N)c(NC(=O)COC(=O)c2cccc(Cl)c2N)n(Cc2ccco2)c1C. The summed E-state index contributed by atoms with van der Waals surface area (Å²) in [5.41, 5.74) is 7.80. The Hall–Kier alpha value is -3.70. The largest absolute Gasteiger partial charge is 0.467 e. The molecule has 9 heteroatoms. The predicted molar refractivity (Wildman–Crippen MR) is 111 cm³/mol. The molecule has 30 heavy (non-hydrogen) atoms. The van der Waals surface area contributed by atoms with Crippen LogP contribution in [0.25, 0.3) is 0 Å². The van der Waals surface area contributed by atoms with E-state index in [0.717, 1.165) is 11.3 Å². The van der Waals surface area contributed by atoms with Gasteiger partial charge in [-0.2, -0.15) is 5.26 Å². The second kappa shape index (κ2) is 8.76. The van der Waals surface area contributed by atoms with Crippen LogP contribution in [-0.2, 0) is 16.1 Å². The molecule has 0 aliphatic carbocycles. The van der Waals surface area contributed by atoms with Crippen LogP contribution in [0.1, 0.15) is 32.9 Å². The molecule has 1 amide bonds. The van der Waals surface area contributed by atoms with E-state index in [4.69, 9.17) is 26.5 Å². The maximum atomic E-state index is 12.5. The summed E-state index contributed by atoms with van der Waals surface area (Å²) in [5, 5.41) is 12.4. The van der Waals surface area contributed by atoms with Gasteiger partial charge in [0.15, 0.2) is 6.61 Å². The van der Waals surface area contributed by atoms with Crippen LogP contribution in [0.5, 0.6) is 0 Å². The van der Waals surface area contributed by atoms with E-state index in [-0.39, 0.29) is 16.3 Å². The van der Waals surface area contributed by atoms with Crippen molar-refractivity contribution >= 4 is 35.0 Å². The highest BCUT2D eigenvalue weighted by atomic mass is 35.5. The number of carbonyl (C=O) groups excluding carboxylic acids is 2. The van der Waals surface area contributed by atoms with Gasteiger partial charge < -0.3 is 24.8 Å². The molecular formula is C21H19ClN4O4. The average molecular weight is 427 g/mol. The number of rotatable bonds is 6. The first-order valence-corrected chi connectivity index (χ1v) is 9.34. The van der Waals surface area contributed by atoms with Gasteiger partial charge in [-0.05, 0) is 43.7 Å². The van der Waals surface area contributed by atoms with Crippen LogP contribution >= 0.6 is 11.6 Å². The number of nitrogens with one attached hydrogen (secondary N) is 1. The molecule has 0 radical (unpaired) electrons. The summed E-state index contributed by atoms with van der Waals surface area (Å²) in [7, 11) is 0. The monoisotopic (exact) mass is 426 g/mol. The van der Waals surface area contributed by atoms with E-state index in [1.54, 1.807) is 42.0 Å². The second-order valence-corrected chi connectivity index (χ2v) is 6.94. The normalized spacial score (nSPS) is 10.5. The van der Waals surface area contributed by atoms with Gasteiger partial charge in [0.1, 0.15) is 17.6 Å². The fraction of sp³-hybridized carbons (Fsp3) is 0.190. The number of nitriles is 1. The fourth-order valence-corrected chi connectivity index (χ4v) is 3.15. The van der Waals surface area contributed by atoms with Gasteiger partial charge >= 0.3 is 5.97 Å². The molecule has 2 aromatic heterocycles. The molecule has 0 saturated heterocycles. The lowest BCUT2D eigenvalue weighted by Gasteiger charge is -2.12. The van der Waals surface area contributed by atoms with Crippen LogP contribution < -0.4 is 11.1 Å². The minimum atomic E-state index is -0.774. The zero-order valence-corrected chi connectivity index (χ0v) is 17.1. The Kier molecular flexibility index (Phi) is 6.14. The Morgan fingerprint density at radius 3 is 2.73 bits per heavy atom. The van der Waals surface area contributed by atoms with Crippen LogP contribution in [0.15, 0.2) is 41.0 Å². The summed E-state index contributed by atoms with van der Waals surface area (Å²) in [6, 6.07) is 10.2. The van der Waals surface area contributed by atoms with Crippen molar-refractivity contribution in [2.24, 2.45) is 0 Å². The number of hydrogen-bond acceptors (Lipinski definition) is 6. The van der Waals surface area contributed by atoms with Gasteiger partial charge in [0.25, 0.3) is 5.91 Å². The van der Waals surface area contributed by atoms with Crippen molar-refractivity contribution in [3.05, 3.63) is 69.8 Å². The number of ether oxygens (including phenoxy) is 1. The number of halogens is 1. The highest BCUT2D eigenvalue weighted by molar-refractivity contribution is 6.33. The maximum Gasteiger partial charge on any atom is 0.340 e. The van der Waals surface area contributed by atoms with Gasteiger partial charge in [0.05, 0.1) is 34.6 Å². The smallest absolute Gasteiger partial charge is 0.340 e. The Morgan fingerprint density at radius 2 is 2.07 bits per heavy atom. The Morgan fingerprint density at radius 1 is 1.30 bits per heavy atom. The number of para-hydroxylation sites is 1. The minimum absolute atomic E-state index is 0.0703. The third-order valence-electron chi connectivity index (χ3n) is 4.70. The van der Waals surface area contributed by atoms with Crippen molar-refractivity contribution in [3.63, 3.8) is 0 Å². The second-order valence-electron chi connectivity index (χ2n) is 6.54. The zero-order valence-electron chi connectivity index (χ0n) is 16.4. The van der Waals surface area contributed by atoms with Gasteiger partial charge in [0, 0.05) is 5.69 Å². The summed E-state index contributed by atoms with van der Waals surface area (Å²) in [5.74, 6) is -0.397. The Labute approximate surface area is 177 Å². The molecule has 0 spiro atoms. The first kappa shape index (κ1) is 21.0. The number of benzene rings is 1. The van der Waals surface area contributed by atoms with Crippen molar-refractivity contribution in [2.75, 3.05) is 17.7 Å². The van der Waals surface area contributed by atoms with Gasteiger partial charge in [-0.25, -0.2) is 4.79 Å². The lowest BCUT2D eigenvalue weighted by Crippen LogP contribution is -2.23. The summed E-state index contributed by atoms with van der Waals surface area (Å²) < 4.78 is 12.2. The summed E-state index contributed by atoms with van der Waals surface area (Å²) in [6.45, 7) is 3.41. The van der Waals surface area contributed by atoms with Crippen molar-refractivity contribution in [2.45, 2.75) is 20.4 Å². The molecule has 0 unspecified atom stereocenters. The van der Waals surface area contributed by atoms with E-state index in [0.29, 0.717) is 23.7 Å². The topological polar surface area (TPSA) is 123 Å². The van der Waals surface area contributed by atoms with E-state index in [1.165, 1.54) is 6.07 Å². The molecule has 0 aliphatic rings. The van der Waals surface area contributed by atoms with E-state index in [9.17, 15) is 14.9 Å². The number of anilines is 2. The van der Waals surface area contributed by atoms with Crippen LogP contribution in [0.3, 0.4) is 0 Å². The summed E-state index contributed by atoms with van der Waals surface area (Å²) in [4.78, 5) is 24.7. The van der Waals surface area contributed by atoms with E-state index < -0.39 is 18.5 Å². The average Bonchev–Trinajstić information content (AvgIpc) is 3.31. The van der Waals surface area contributed by atoms with Crippen molar-refractivity contribution in [1.29, 1.82) is 5.26 Å².